The molecule has 0 unspecified atom stereocenters. The van der Waals surface area contributed by atoms with Gasteiger partial charge in [0.1, 0.15) is 0 Å². The van der Waals surface area contributed by atoms with Crippen molar-refractivity contribution >= 4 is 0 Å². The van der Waals surface area contributed by atoms with Crippen LogP contribution in [0.2, 0.25) is 0 Å². The second kappa shape index (κ2) is 4.96. The van der Waals surface area contributed by atoms with Gasteiger partial charge in [-0.1, -0.05) is 18.2 Å². The number of nitrogens with zero attached hydrogens (tertiary/aromatic N) is 2. The Morgan fingerprint density at radius 3 is 2.32 bits per heavy atom. The van der Waals surface area contributed by atoms with Crippen LogP contribution in [-0.4, -0.2) is 29.2 Å². The molecule has 1 aromatic carbocycles. The van der Waals surface area contributed by atoms with Gasteiger partial charge in [-0.2, -0.15) is 5.26 Å². The van der Waals surface area contributed by atoms with Crippen LogP contribution in [0.25, 0.3) is 0 Å². The molecule has 1 heterocycles. The van der Waals surface area contributed by atoms with Crippen LogP contribution in [0.3, 0.4) is 0 Å². The normalized spacial score (nSPS) is 21.8. The van der Waals surface area contributed by atoms with Crippen LogP contribution in [0.4, 0.5) is 0 Å². The van der Waals surface area contributed by atoms with E-state index in [1.807, 2.05) is 24.3 Å². The first-order chi connectivity index (χ1) is 8.81. The van der Waals surface area contributed by atoms with Gasteiger partial charge in [-0.3, -0.25) is 4.90 Å². The average molecular weight is 258 g/mol. The molecule has 102 valence electrons. The zero-order valence-corrected chi connectivity index (χ0v) is 12.2. The van der Waals surface area contributed by atoms with Crippen LogP contribution in [0.5, 0.6) is 0 Å². The summed E-state index contributed by atoms with van der Waals surface area (Å²) in [5, 5.41) is 9.16. The maximum absolute atomic E-state index is 9.16. The molecule has 1 aromatic rings. The third-order valence-electron chi connectivity index (χ3n) is 3.29. The standard InChI is InChI=1S/C16H22N2O/c1-15(2)11-18(12-16(3,4)19-15)10-14-8-6-5-7-13(14)9-17/h5-8H,10-12H2,1-4H3. The maximum atomic E-state index is 9.16. The average Bonchev–Trinajstić information content (AvgIpc) is 2.25. The molecule has 1 aliphatic heterocycles. The zero-order chi connectivity index (χ0) is 14.1. The van der Waals surface area contributed by atoms with E-state index in [1.165, 1.54) is 0 Å². The fourth-order valence-electron chi connectivity index (χ4n) is 3.07. The largest absolute Gasteiger partial charge is 0.367 e. The third kappa shape index (κ3) is 3.56. The van der Waals surface area contributed by atoms with E-state index < -0.39 is 0 Å². The lowest BCUT2D eigenvalue weighted by Gasteiger charge is -2.47. The van der Waals surface area contributed by atoms with E-state index in [1.54, 1.807) is 0 Å². The van der Waals surface area contributed by atoms with Crippen molar-refractivity contribution in [3.63, 3.8) is 0 Å². The van der Waals surface area contributed by atoms with Crippen LogP contribution in [-0.2, 0) is 11.3 Å². The van der Waals surface area contributed by atoms with Gasteiger partial charge in [0.05, 0.1) is 22.8 Å². The van der Waals surface area contributed by atoms with Gasteiger partial charge < -0.3 is 4.74 Å². The molecule has 0 amide bonds. The van der Waals surface area contributed by atoms with Gasteiger partial charge in [0, 0.05) is 19.6 Å². The summed E-state index contributed by atoms with van der Waals surface area (Å²) in [7, 11) is 0. The predicted octanol–water partition coefficient (Wildman–Crippen LogP) is 2.95. The van der Waals surface area contributed by atoms with E-state index in [0.29, 0.717) is 0 Å². The van der Waals surface area contributed by atoms with Crippen molar-refractivity contribution < 1.29 is 4.74 Å². The summed E-state index contributed by atoms with van der Waals surface area (Å²) in [6.07, 6.45) is 0. The Hall–Kier alpha value is -1.37. The fraction of sp³-hybridized carbons (Fsp3) is 0.562. The van der Waals surface area contributed by atoms with Crippen molar-refractivity contribution in [1.29, 1.82) is 5.26 Å². The summed E-state index contributed by atoms with van der Waals surface area (Å²) < 4.78 is 6.08. The quantitative estimate of drug-likeness (QED) is 0.818. The summed E-state index contributed by atoms with van der Waals surface area (Å²) in [6.45, 7) is 11.1. The molecule has 1 aliphatic rings. The van der Waals surface area contributed by atoms with Gasteiger partial charge in [-0.25, -0.2) is 0 Å². The summed E-state index contributed by atoms with van der Waals surface area (Å²) in [5.74, 6) is 0. The summed E-state index contributed by atoms with van der Waals surface area (Å²) >= 11 is 0. The highest BCUT2D eigenvalue weighted by molar-refractivity contribution is 5.37. The number of nitriles is 1. The molecular weight excluding hydrogens is 236 g/mol. The SMILES string of the molecule is CC1(C)CN(Cc2ccccc2C#N)CC(C)(C)O1. The Bertz CT molecular complexity index is 484. The summed E-state index contributed by atoms with van der Waals surface area (Å²) in [4.78, 5) is 2.37. The number of ether oxygens (including phenoxy) is 1. The minimum absolute atomic E-state index is 0.149. The molecule has 19 heavy (non-hydrogen) atoms. The summed E-state index contributed by atoms with van der Waals surface area (Å²) in [5.41, 5.74) is 1.57. The Morgan fingerprint density at radius 1 is 1.16 bits per heavy atom. The monoisotopic (exact) mass is 258 g/mol. The van der Waals surface area contributed by atoms with E-state index >= 15 is 0 Å². The Balaban J connectivity index is 2.17. The van der Waals surface area contributed by atoms with Crippen LogP contribution >= 0.6 is 0 Å². The first-order valence-electron chi connectivity index (χ1n) is 6.72. The molecule has 3 heteroatoms. The highest BCUT2D eigenvalue weighted by Crippen LogP contribution is 2.29. The smallest absolute Gasteiger partial charge is 0.0995 e. The molecule has 3 nitrogen and oxygen atoms in total. The minimum atomic E-state index is -0.149. The predicted molar refractivity (Wildman–Crippen MR) is 75.7 cm³/mol. The van der Waals surface area contributed by atoms with Gasteiger partial charge in [0.2, 0.25) is 0 Å². The highest BCUT2D eigenvalue weighted by atomic mass is 16.5. The first-order valence-corrected chi connectivity index (χ1v) is 6.72. The molecule has 0 aromatic heterocycles. The molecule has 0 radical (unpaired) electrons. The maximum Gasteiger partial charge on any atom is 0.0995 e. The van der Waals surface area contributed by atoms with Crippen LogP contribution < -0.4 is 0 Å². The molecule has 0 aliphatic carbocycles. The molecule has 1 saturated heterocycles. The molecule has 0 bridgehead atoms. The third-order valence-corrected chi connectivity index (χ3v) is 3.29. The van der Waals surface area contributed by atoms with Crippen molar-refractivity contribution in [2.24, 2.45) is 0 Å². The Morgan fingerprint density at radius 2 is 1.74 bits per heavy atom. The fourth-order valence-corrected chi connectivity index (χ4v) is 3.07. The summed E-state index contributed by atoms with van der Waals surface area (Å²) in [6, 6.07) is 10.1. The number of benzene rings is 1. The van der Waals surface area contributed by atoms with Crippen molar-refractivity contribution in [2.45, 2.75) is 45.4 Å². The molecule has 0 N–H and O–H groups in total. The van der Waals surface area contributed by atoms with E-state index in [2.05, 4.69) is 38.7 Å². The molecule has 0 atom stereocenters. The first kappa shape index (κ1) is 14.0. The van der Waals surface area contributed by atoms with Gasteiger partial charge >= 0.3 is 0 Å². The lowest BCUT2D eigenvalue weighted by molar-refractivity contribution is -0.182. The topological polar surface area (TPSA) is 36.3 Å². The van der Waals surface area contributed by atoms with Gasteiger partial charge in [0.15, 0.2) is 0 Å². The minimum Gasteiger partial charge on any atom is -0.367 e. The van der Waals surface area contributed by atoms with Crippen molar-refractivity contribution in [2.75, 3.05) is 13.1 Å². The van der Waals surface area contributed by atoms with E-state index in [0.717, 1.165) is 30.8 Å². The van der Waals surface area contributed by atoms with Crippen molar-refractivity contribution in [3.8, 4) is 6.07 Å². The van der Waals surface area contributed by atoms with Crippen LogP contribution in [0.15, 0.2) is 24.3 Å². The molecule has 0 saturated carbocycles. The lowest BCUT2D eigenvalue weighted by Crippen LogP contribution is -2.56. The Kier molecular flexibility index (Phi) is 3.66. The van der Waals surface area contributed by atoms with Gasteiger partial charge in [0.25, 0.3) is 0 Å². The lowest BCUT2D eigenvalue weighted by atomic mass is 9.98. The second-order valence-electron chi connectivity index (χ2n) is 6.54. The van der Waals surface area contributed by atoms with E-state index in [-0.39, 0.29) is 11.2 Å². The second-order valence-corrected chi connectivity index (χ2v) is 6.54. The van der Waals surface area contributed by atoms with E-state index in [4.69, 9.17) is 10.00 Å². The molecule has 2 rings (SSSR count). The Labute approximate surface area is 115 Å². The van der Waals surface area contributed by atoms with Crippen LogP contribution in [0, 0.1) is 11.3 Å². The zero-order valence-electron chi connectivity index (χ0n) is 12.2. The van der Waals surface area contributed by atoms with Gasteiger partial charge in [-0.15, -0.1) is 0 Å². The number of hydrogen-bond donors (Lipinski definition) is 0. The molecular formula is C16H22N2O. The number of hydrogen-bond acceptors (Lipinski definition) is 3. The van der Waals surface area contributed by atoms with Crippen molar-refractivity contribution in [3.05, 3.63) is 35.4 Å². The molecule has 1 fully saturated rings. The number of morpholine rings is 1. The van der Waals surface area contributed by atoms with E-state index in [9.17, 15) is 0 Å². The van der Waals surface area contributed by atoms with Crippen LogP contribution in [0.1, 0.15) is 38.8 Å². The number of rotatable bonds is 2. The highest BCUT2D eigenvalue weighted by Gasteiger charge is 2.37. The molecule has 0 spiro atoms. The van der Waals surface area contributed by atoms with Gasteiger partial charge in [-0.05, 0) is 39.3 Å². The van der Waals surface area contributed by atoms with Crippen molar-refractivity contribution in [1.82, 2.24) is 4.90 Å².